The van der Waals surface area contributed by atoms with E-state index < -0.39 is 11.3 Å². The van der Waals surface area contributed by atoms with Crippen LogP contribution in [0.5, 0.6) is 5.75 Å². The molecule has 1 aliphatic rings. The Hall–Kier alpha value is -4.99. The number of ether oxygens (including phenoxy) is 1. The van der Waals surface area contributed by atoms with Crippen LogP contribution >= 0.6 is 0 Å². The molecule has 0 saturated carbocycles. The van der Waals surface area contributed by atoms with Gasteiger partial charge in [-0.25, -0.2) is 13.9 Å². The van der Waals surface area contributed by atoms with Crippen LogP contribution in [0.2, 0.25) is 0 Å². The number of hydrogen-bond donors (Lipinski definition) is 1. The van der Waals surface area contributed by atoms with Gasteiger partial charge in [-0.1, -0.05) is 42.5 Å². The molecule has 1 N–H and O–H groups in total. The molecule has 6 rings (SSSR count). The highest BCUT2D eigenvalue weighted by Crippen LogP contribution is 2.35. The number of pyridine rings is 1. The fraction of sp³-hybridized carbons (Fsp3) is 0.200. The van der Waals surface area contributed by atoms with E-state index in [4.69, 9.17) is 4.74 Å². The Labute approximate surface area is 229 Å². The van der Waals surface area contributed by atoms with Crippen molar-refractivity contribution in [2.75, 3.05) is 11.4 Å². The average molecular weight is 539 g/mol. The highest BCUT2D eigenvalue weighted by molar-refractivity contribution is 5.94. The maximum atomic E-state index is 14.2. The van der Waals surface area contributed by atoms with E-state index in [2.05, 4.69) is 15.4 Å². The maximum Gasteiger partial charge on any atom is 0.257 e. The van der Waals surface area contributed by atoms with Crippen LogP contribution in [0.1, 0.15) is 33.9 Å². The number of halogens is 1. The quantitative estimate of drug-likeness (QED) is 0.338. The fourth-order valence-electron chi connectivity index (χ4n) is 5.12. The highest BCUT2D eigenvalue weighted by atomic mass is 19.1. The summed E-state index contributed by atoms with van der Waals surface area (Å²) in [5.41, 5.74) is 1.91. The molecular formula is C30H27FN6O3. The lowest BCUT2D eigenvalue weighted by Crippen LogP contribution is -2.39. The third-order valence-electron chi connectivity index (χ3n) is 7.01. The predicted octanol–water partition coefficient (Wildman–Crippen LogP) is 3.90. The maximum absolute atomic E-state index is 14.2. The van der Waals surface area contributed by atoms with E-state index in [1.807, 2.05) is 53.4 Å². The van der Waals surface area contributed by atoms with E-state index >= 15 is 0 Å². The summed E-state index contributed by atoms with van der Waals surface area (Å²) >= 11 is 0. The number of hydrogen-bond acceptors (Lipinski definition) is 6. The topological polar surface area (TPSA) is 93.8 Å². The molecule has 0 aliphatic carbocycles. The minimum absolute atomic E-state index is 0.00761. The molecule has 1 amide bonds. The predicted molar refractivity (Wildman–Crippen MR) is 148 cm³/mol. The average Bonchev–Trinajstić information content (AvgIpc) is 3.60. The van der Waals surface area contributed by atoms with Crippen molar-refractivity contribution in [3.8, 4) is 5.75 Å². The Morgan fingerprint density at radius 3 is 2.77 bits per heavy atom. The molecule has 0 radical (unpaired) electrons. The van der Waals surface area contributed by atoms with Crippen LogP contribution in [0.15, 0.2) is 96.3 Å². The molecule has 2 aromatic carbocycles. The second-order valence-corrected chi connectivity index (χ2v) is 9.86. The first-order valence-corrected chi connectivity index (χ1v) is 12.9. The smallest absolute Gasteiger partial charge is 0.257 e. The van der Waals surface area contributed by atoms with Gasteiger partial charge in [0.2, 0.25) is 5.43 Å². The number of fused-ring (bicyclic) bond motifs is 1. The Bertz CT molecular complexity index is 1730. The molecule has 1 aliphatic heterocycles. The van der Waals surface area contributed by atoms with Gasteiger partial charge in [-0.15, -0.1) is 5.10 Å². The van der Waals surface area contributed by atoms with Gasteiger partial charge in [-0.3, -0.25) is 9.59 Å². The van der Waals surface area contributed by atoms with Crippen molar-refractivity contribution in [2.45, 2.75) is 25.1 Å². The van der Waals surface area contributed by atoms with E-state index in [-0.39, 0.29) is 35.8 Å². The molecule has 1 saturated heterocycles. The summed E-state index contributed by atoms with van der Waals surface area (Å²) in [6.45, 7) is 0.632. The molecule has 2 atom stereocenters. The Balaban J connectivity index is 1.25. The third kappa shape index (κ3) is 5.15. The number of imidazole rings is 1. The van der Waals surface area contributed by atoms with Gasteiger partial charge < -0.3 is 19.5 Å². The number of carbonyl (C=O) groups excluding carboxylic acids is 1. The number of nitrogens with one attached hydrogen (secondary N) is 1. The number of nitrogens with zero attached hydrogens (tertiary/aromatic N) is 5. The summed E-state index contributed by atoms with van der Waals surface area (Å²) in [5, 5.41) is 7.69. The van der Waals surface area contributed by atoms with Gasteiger partial charge in [0.1, 0.15) is 23.8 Å². The Morgan fingerprint density at radius 1 is 1.10 bits per heavy atom. The molecule has 5 aromatic rings. The lowest BCUT2D eigenvalue weighted by molar-refractivity contribution is 0.0937. The largest absolute Gasteiger partial charge is 0.483 e. The van der Waals surface area contributed by atoms with Gasteiger partial charge in [0, 0.05) is 44.4 Å². The normalized spacial score (nSPS) is 16.8. The summed E-state index contributed by atoms with van der Waals surface area (Å²) in [7, 11) is 1.74. The number of benzene rings is 2. The van der Waals surface area contributed by atoms with Crippen molar-refractivity contribution in [1.29, 1.82) is 0 Å². The molecule has 0 spiro atoms. The SMILES string of the molecule is Cn1cc(OCc2ccccc2)c(=O)c(C(=O)N[C@H]2C[C@H](c3cccc(F)c3)N(c3ccc4nccn4n3)C2)c1. The van der Waals surface area contributed by atoms with E-state index in [0.29, 0.717) is 24.4 Å². The molecule has 9 nitrogen and oxygen atoms in total. The second kappa shape index (κ2) is 10.6. The first-order valence-electron chi connectivity index (χ1n) is 12.9. The van der Waals surface area contributed by atoms with Crippen molar-refractivity contribution in [1.82, 2.24) is 24.5 Å². The van der Waals surface area contributed by atoms with Crippen LogP contribution in [0.4, 0.5) is 10.2 Å². The molecule has 40 heavy (non-hydrogen) atoms. The van der Waals surface area contributed by atoms with Crippen molar-refractivity contribution in [2.24, 2.45) is 7.05 Å². The van der Waals surface area contributed by atoms with Crippen molar-refractivity contribution in [3.63, 3.8) is 0 Å². The minimum Gasteiger partial charge on any atom is -0.483 e. The molecule has 1 fully saturated rings. The summed E-state index contributed by atoms with van der Waals surface area (Å²) in [6, 6.07) is 19.1. The zero-order chi connectivity index (χ0) is 27.6. The van der Waals surface area contributed by atoms with E-state index in [9.17, 15) is 14.0 Å². The van der Waals surface area contributed by atoms with Gasteiger partial charge >= 0.3 is 0 Å². The summed E-state index contributed by atoms with van der Waals surface area (Å²) in [5.74, 6) is -0.0568. The molecule has 4 heterocycles. The zero-order valence-electron chi connectivity index (χ0n) is 21.8. The standard InChI is InChI=1S/C30H27FN6O3/c1-35-17-24(29(38)26(18-35)40-19-20-6-3-2-4-7-20)30(39)33-23-15-25(21-8-5-9-22(31)14-21)36(16-23)28-11-10-27-32-12-13-37(27)34-28/h2-14,17-18,23,25H,15-16,19H2,1H3,(H,33,39)/t23-,25+/m0/s1. The van der Waals surface area contributed by atoms with Crippen molar-refractivity contribution < 1.29 is 13.9 Å². The fourth-order valence-corrected chi connectivity index (χ4v) is 5.12. The van der Waals surface area contributed by atoms with Gasteiger partial charge in [0.25, 0.3) is 5.91 Å². The number of rotatable bonds is 7. The van der Waals surface area contributed by atoms with Gasteiger partial charge in [0.15, 0.2) is 11.4 Å². The lowest BCUT2D eigenvalue weighted by Gasteiger charge is -2.25. The monoisotopic (exact) mass is 538 g/mol. The molecule has 202 valence electrons. The molecule has 10 heteroatoms. The van der Waals surface area contributed by atoms with E-state index in [1.54, 1.807) is 40.8 Å². The van der Waals surface area contributed by atoms with Crippen LogP contribution in [0, 0.1) is 5.82 Å². The molecule has 3 aromatic heterocycles. The zero-order valence-corrected chi connectivity index (χ0v) is 21.8. The van der Waals surface area contributed by atoms with Crippen LogP contribution in [-0.2, 0) is 13.7 Å². The third-order valence-corrected chi connectivity index (χ3v) is 7.01. The number of anilines is 1. The van der Waals surface area contributed by atoms with Gasteiger partial charge in [-0.2, -0.15) is 0 Å². The molecule has 0 bridgehead atoms. The number of aryl methyl sites for hydroxylation is 1. The Morgan fingerprint density at radius 2 is 1.95 bits per heavy atom. The minimum atomic E-state index is -0.492. The van der Waals surface area contributed by atoms with Crippen LogP contribution < -0.4 is 20.4 Å². The summed E-state index contributed by atoms with van der Waals surface area (Å²) in [6.07, 6.45) is 6.99. The van der Waals surface area contributed by atoms with Crippen molar-refractivity contribution >= 4 is 17.4 Å². The van der Waals surface area contributed by atoms with Crippen LogP contribution in [-0.4, -0.2) is 37.7 Å². The molecule has 0 unspecified atom stereocenters. The summed E-state index contributed by atoms with van der Waals surface area (Å²) < 4.78 is 23.3. The number of carbonyl (C=O) groups is 1. The highest BCUT2D eigenvalue weighted by Gasteiger charge is 2.36. The van der Waals surface area contributed by atoms with Gasteiger partial charge in [0.05, 0.1) is 6.04 Å². The first kappa shape index (κ1) is 25.3. The van der Waals surface area contributed by atoms with Crippen LogP contribution in [0.25, 0.3) is 5.65 Å². The van der Waals surface area contributed by atoms with Gasteiger partial charge in [-0.05, 0) is 41.8 Å². The van der Waals surface area contributed by atoms with Crippen molar-refractivity contribution in [3.05, 3.63) is 124 Å². The second-order valence-electron chi connectivity index (χ2n) is 9.86. The van der Waals surface area contributed by atoms with E-state index in [0.717, 1.165) is 11.1 Å². The molecular weight excluding hydrogens is 511 g/mol. The first-order chi connectivity index (χ1) is 19.4. The van der Waals surface area contributed by atoms with E-state index in [1.165, 1.54) is 18.3 Å². The number of aromatic nitrogens is 4. The summed E-state index contributed by atoms with van der Waals surface area (Å²) in [4.78, 5) is 32.9. The Kier molecular flexibility index (Phi) is 6.73. The lowest BCUT2D eigenvalue weighted by atomic mass is 10.0. The number of amides is 1. The van der Waals surface area contributed by atoms with Crippen LogP contribution in [0.3, 0.4) is 0 Å².